The monoisotopic (exact) mass is 554 g/mol. The second-order valence-corrected chi connectivity index (χ2v) is 10.6. The Morgan fingerprint density at radius 2 is 1.78 bits per heavy atom. The Kier molecular flexibility index (Phi) is 7.05. The smallest absolute Gasteiger partial charge is 0.332 e. The van der Waals surface area contributed by atoms with Crippen LogP contribution in [0.5, 0.6) is 0 Å². The minimum atomic E-state index is -0.784. The Morgan fingerprint density at radius 1 is 1.05 bits per heavy atom. The first-order chi connectivity index (χ1) is 19.8. The van der Waals surface area contributed by atoms with Crippen molar-refractivity contribution in [3.05, 3.63) is 101 Å². The highest BCUT2D eigenvalue weighted by atomic mass is 19.1. The molecule has 0 aliphatic carbocycles. The van der Waals surface area contributed by atoms with E-state index in [2.05, 4.69) is 10.3 Å². The van der Waals surface area contributed by atoms with Crippen molar-refractivity contribution < 1.29 is 23.5 Å². The number of benzene rings is 3. The summed E-state index contributed by atoms with van der Waals surface area (Å²) in [6, 6.07) is 18.5. The van der Waals surface area contributed by atoms with Gasteiger partial charge in [0, 0.05) is 36.2 Å². The first kappa shape index (κ1) is 26.7. The fraction of sp³-hybridized carbons (Fsp3) is 0.281. The molecule has 8 nitrogen and oxygen atoms in total. The molecular weight excluding hydrogens is 523 g/mol. The van der Waals surface area contributed by atoms with E-state index in [9.17, 15) is 18.8 Å². The van der Waals surface area contributed by atoms with E-state index in [4.69, 9.17) is 4.74 Å². The molecule has 9 heteroatoms. The minimum Gasteiger partial charge on any atom is -0.379 e. The summed E-state index contributed by atoms with van der Waals surface area (Å²) in [6.07, 6.45) is 1.06. The molecule has 0 radical (unpaired) electrons. The van der Waals surface area contributed by atoms with Crippen molar-refractivity contribution in [2.75, 3.05) is 18.1 Å². The maximum absolute atomic E-state index is 14.2. The fourth-order valence-corrected chi connectivity index (χ4v) is 5.84. The van der Waals surface area contributed by atoms with E-state index in [1.807, 2.05) is 38.1 Å². The highest BCUT2D eigenvalue weighted by Crippen LogP contribution is 2.45. The molecule has 3 heterocycles. The largest absolute Gasteiger partial charge is 0.379 e. The van der Waals surface area contributed by atoms with E-state index in [1.54, 1.807) is 41.3 Å². The second kappa shape index (κ2) is 10.8. The number of halogens is 1. The van der Waals surface area contributed by atoms with Crippen LogP contribution in [0, 0.1) is 5.82 Å². The molecular formula is C32H31FN4O4. The van der Waals surface area contributed by atoms with Gasteiger partial charge in [-0.15, -0.1) is 0 Å². The Hall–Kier alpha value is -4.50. The minimum absolute atomic E-state index is 0.107. The van der Waals surface area contributed by atoms with Crippen molar-refractivity contribution in [1.29, 1.82) is 0 Å². The molecule has 4 amide bonds. The molecule has 0 unspecified atom stereocenters. The van der Waals surface area contributed by atoms with Gasteiger partial charge in [-0.1, -0.05) is 42.5 Å². The number of anilines is 1. The van der Waals surface area contributed by atoms with Crippen LogP contribution in [-0.2, 0) is 16.0 Å². The number of para-hydroxylation sites is 2. The molecule has 2 aliphatic rings. The average Bonchev–Trinajstić information content (AvgIpc) is 3.46. The van der Waals surface area contributed by atoms with Crippen LogP contribution in [0.4, 0.5) is 14.9 Å². The summed E-state index contributed by atoms with van der Waals surface area (Å²) in [4.78, 5) is 47.5. The quantitative estimate of drug-likeness (QED) is 0.227. The maximum atomic E-state index is 14.2. The highest BCUT2D eigenvalue weighted by Gasteiger charge is 2.53. The van der Waals surface area contributed by atoms with Gasteiger partial charge in [0.2, 0.25) is 0 Å². The van der Waals surface area contributed by atoms with Crippen molar-refractivity contribution >= 4 is 34.4 Å². The molecule has 1 fully saturated rings. The Morgan fingerprint density at radius 3 is 2.56 bits per heavy atom. The van der Waals surface area contributed by atoms with Gasteiger partial charge in [0.05, 0.1) is 17.4 Å². The Labute approximate surface area is 237 Å². The third-order valence-electron chi connectivity index (χ3n) is 7.68. The number of rotatable bonds is 8. The summed E-state index contributed by atoms with van der Waals surface area (Å²) in [5, 5.41) is 3.86. The number of nitrogens with one attached hydrogen (secondary N) is 2. The molecule has 6 rings (SSSR count). The number of hydrogen-bond donors (Lipinski definition) is 2. The van der Waals surface area contributed by atoms with Gasteiger partial charge >= 0.3 is 6.03 Å². The molecule has 3 aromatic carbocycles. The number of ether oxygens (including phenoxy) is 1. The molecule has 2 N–H and O–H groups in total. The first-order valence-corrected chi connectivity index (χ1v) is 13.8. The number of aromatic amines is 1. The summed E-state index contributed by atoms with van der Waals surface area (Å²) >= 11 is 0. The van der Waals surface area contributed by atoms with Crippen molar-refractivity contribution in [1.82, 2.24) is 15.2 Å². The molecule has 2 aliphatic heterocycles. The number of carbonyl (C=O) groups is 3. The average molecular weight is 555 g/mol. The molecule has 41 heavy (non-hydrogen) atoms. The molecule has 0 spiro atoms. The fourth-order valence-electron chi connectivity index (χ4n) is 5.84. The Bertz CT molecular complexity index is 1630. The number of imide groups is 1. The number of H-pyrrole nitrogens is 1. The van der Waals surface area contributed by atoms with Gasteiger partial charge in [-0.3, -0.25) is 14.5 Å². The molecule has 1 aromatic heterocycles. The summed E-state index contributed by atoms with van der Waals surface area (Å²) in [7, 11) is 0. The van der Waals surface area contributed by atoms with E-state index in [1.165, 1.54) is 12.1 Å². The molecule has 0 saturated carbocycles. The van der Waals surface area contributed by atoms with Crippen molar-refractivity contribution in [2.45, 2.75) is 44.9 Å². The molecule has 2 atom stereocenters. The summed E-state index contributed by atoms with van der Waals surface area (Å²) in [5.41, 5.74) is 3.81. The summed E-state index contributed by atoms with van der Waals surface area (Å²) < 4.78 is 19.4. The zero-order valence-electron chi connectivity index (χ0n) is 22.9. The zero-order valence-corrected chi connectivity index (χ0v) is 22.9. The van der Waals surface area contributed by atoms with Crippen LogP contribution in [0.15, 0.2) is 72.8 Å². The predicted octanol–water partition coefficient (Wildman–Crippen LogP) is 5.33. The van der Waals surface area contributed by atoms with Gasteiger partial charge in [0.1, 0.15) is 17.9 Å². The lowest BCUT2D eigenvalue weighted by atomic mass is 9.89. The standard InChI is InChI=1S/C32H31FN4O4/c1-19(2)41-17-7-16-34-30(38)23-9-4-6-11-26(23)37-31(39)27-18-24-22-8-3-5-10-25(22)35-28(24)29(36(27)32(37)40)20-12-14-21(33)15-13-20/h3-6,8-15,19,27,29,35H,7,16-18H2,1-2H3,(H,34,38)/t27-,29+/m0/s1. The van der Waals surface area contributed by atoms with E-state index in [0.29, 0.717) is 31.6 Å². The van der Waals surface area contributed by atoms with Crippen LogP contribution in [0.2, 0.25) is 0 Å². The first-order valence-electron chi connectivity index (χ1n) is 13.8. The number of carbonyl (C=O) groups excluding carboxylic acids is 3. The SMILES string of the molecule is CC(C)OCCCNC(=O)c1ccccc1N1C(=O)[C@@H]2Cc3c([nH]c4ccccc34)[C@@H](c3ccc(F)cc3)N2C1=O. The zero-order chi connectivity index (χ0) is 28.7. The number of amides is 4. The topological polar surface area (TPSA) is 94.7 Å². The number of aromatic nitrogens is 1. The normalized spacial score (nSPS) is 18.2. The van der Waals surface area contributed by atoms with Gasteiger partial charge in [-0.25, -0.2) is 14.1 Å². The lowest BCUT2D eigenvalue weighted by Gasteiger charge is -2.36. The number of nitrogens with zero attached hydrogens (tertiary/aromatic N) is 2. The van der Waals surface area contributed by atoms with Crippen LogP contribution in [0.1, 0.15) is 53.5 Å². The van der Waals surface area contributed by atoms with Crippen molar-refractivity contribution in [2.24, 2.45) is 0 Å². The van der Waals surface area contributed by atoms with E-state index >= 15 is 0 Å². The van der Waals surface area contributed by atoms with Crippen LogP contribution >= 0.6 is 0 Å². The summed E-state index contributed by atoms with van der Waals surface area (Å²) in [5.74, 6) is -1.16. The number of urea groups is 1. The van der Waals surface area contributed by atoms with Crippen LogP contribution in [0.3, 0.4) is 0 Å². The Balaban J connectivity index is 1.36. The predicted molar refractivity (Wildman–Crippen MR) is 153 cm³/mol. The summed E-state index contributed by atoms with van der Waals surface area (Å²) in [6.45, 7) is 4.81. The second-order valence-electron chi connectivity index (χ2n) is 10.6. The van der Waals surface area contributed by atoms with Crippen LogP contribution in [-0.4, -0.2) is 53.0 Å². The highest BCUT2D eigenvalue weighted by molar-refractivity contribution is 6.24. The van der Waals surface area contributed by atoms with Crippen LogP contribution < -0.4 is 10.2 Å². The molecule has 210 valence electrons. The lowest BCUT2D eigenvalue weighted by molar-refractivity contribution is -0.120. The molecule has 1 saturated heterocycles. The van der Waals surface area contributed by atoms with Gasteiger partial charge < -0.3 is 15.0 Å². The van der Waals surface area contributed by atoms with Gasteiger partial charge in [0.15, 0.2) is 0 Å². The molecule has 4 aromatic rings. The number of fused-ring (bicyclic) bond motifs is 4. The third-order valence-corrected chi connectivity index (χ3v) is 7.68. The van der Waals surface area contributed by atoms with Gasteiger partial charge in [0.25, 0.3) is 11.8 Å². The van der Waals surface area contributed by atoms with Gasteiger partial charge in [-0.05, 0) is 61.7 Å². The van der Waals surface area contributed by atoms with E-state index in [-0.39, 0.29) is 29.1 Å². The lowest BCUT2D eigenvalue weighted by Crippen LogP contribution is -2.44. The van der Waals surface area contributed by atoms with Crippen molar-refractivity contribution in [3.63, 3.8) is 0 Å². The maximum Gasteiger partial charge on any atom is 0.332 e. The van der Waals surface area contributed by atoms with Crippen molar-refractivity contribution in [3.8, 4) is 0 Å². The molecule has 0 bridgehead atoms. The number of hydrogen-bond acceptors (Lipinski definition) is 4. The van der Waals surface area contributed by atoms with Gasteiger partial charge in [-0.2, -0.15) is 0 Å². The van der Waals surface area contributed by atoms with Crippen LogP contribution in [0.25, 0.3) is 10.9 Å². The van der Waals surface area contributed by atoms with E-state index < -0.39 is 24.0 Å². The third kappa shape index (κ3) is 4.76. The van der Waals surface area contributed by atoms with E-state index in [0.717, 1.165) is 27.1 Å².